The first-order valence-electron chi connectivity index (χ1n) is 5.29. The zero-order chi connectivity index (χ0) is 13.1. The molecule has 1 aromatic carbocycles. The number of hydrogen-bond donors (Lipinski definition) is 2. The first kappa shape index (κ1) is 12.4. The number of aromatic hydroxyl groups is 1. The topological polar surface area (TPSA) is 62.2 Å². The van der Waals surface area contributed by atoms with Gasteiger partial charge in [0.25, 0.3) is 0 Å². The monoisotopic (exact) mass is 262 g/mol. The second-order valence-corrected chi connectivity index (χ2v) is 4.09. The maximum absolute atomic E-state index is 11.1. The predicted octanol–water partition coefficient (Wildman–Crippen LogP) is 2.40. The van der Waals surface area contributed by atoms with Crippen molar-refractivity contribution in [1.82, 2.24) is 10.3 Å². The van der Waals surface area contributed by atoms with Crippen molar-refractivity contribution in [2.24, 2.45) is 0 Å². The van der Waals surface area contributed by atoms with E-state index in [1.807, 2.05) is 0 Å². The molecule has 0 aliphatic carbocycles. The van der Waals surface area contributed by atoms with Crippen LogP contribution in [0.5, 0.6) is 5.75 Å². The maximum atomic E-state index is 11.1. The van der Waals surface area contributed by atoms with E-state index in [-0.39, 0.29) is 18.2 Å². The second kappa shape index (κ2) is 5.06. The molecule has 1 aromatic heterocycles. The smallest absolute Gasteiger partial charge is 0.243 e. The second-order valence-electron chi connectivity index (χ2n) is 3.69. The number of carbonyl (C=O) groups excluding carboxylic acids is 1. The van der Waals surface area contributed by atoms with Gasteiger partial charge in [-0.15, -0.1) is 0 Å². The van der Waals surface area contributed by atoms with Crippen LogP contribution in [0.15, 0.2) is 37.1 Å². The Labute approximate surface area is 109 Å². The number of halogens is 1. The molecule has 0 radical (unpaired) electrons. The van der Waals surface area contributed by atoms with E-state index in [0.717, 1.165) is 6.08 Å². The highest BCUT2D eigenvalue weighted by atomic mass is 35.5. The average molecular weight is 263 g/mol. The summed E-state index contributed by atoms with van der Waals surface area (Å²) in [6.45, 7) is 3.52. The molecule has 0 saturated heterocycles. The summed E-state index contributed by atoms with van der Waals surface area (Å²) < 4.78 is 0. The molecule has 1 amide bonds. The molecule has 0 aliphatic heterocycles. The summed E-state index contributed by atoms with van der Waals surface area (Å²) in [6.07, 6.45) is 2.74. The van der Waals surface area contributed by atoms with E-state index < -0.39 is 0 Å². The number of benzene rings is 1. The molecule has 0 bridgehead atoms. The van der Waals surface area contributed by atoms with E-state index in [1.165, 1.54) is 0 Å². The zero-order valence-electron chi connectivity index (χ0n) is 9.48. The fourth-order valence-electron chi connectivity index (χ4n) is 1.63. The van der Waals surface area contributed by atoms with Crippen molar-refractivity contribution in [2.75, 3.05) is 0 Å². The Morgan fingerprint density at radius 2 is 2.39 bits per heavy atom. The molecule has 92 valence electrons. The number of phenols is 1. The third-order valence-corrected chi connectivity index (χ3v) is 2.85. The standard InChI is InChI=1S/C13H11ClN2O2/c1-2-11(17)16-7-8-6-10(14)9-4-3-5-15-12(9)13(8)18/h2-6,18H,1,7H2,(H,16,17). The predicted molar refractivity (Wildman–Crippen MR) is 70.5 cm³/mol. The molecule has 18 heavy (non-hydrogen) atoms. The zero-order valence-corrected chi connectivity index (χ0v) is 10.2. The molecule has 1 heterocycles. The lowest BCUT2D eigenvalue weighted by molar-refractivity contribution is -0.116. The van der Waals surface area contributed by atoms with Crippen LogP contribution in [0.1, 0.15) is 5.56 Å². The summed E-state index contributed by atoms with van der Waals surface area (Å²) in [5.74, 6) is -0.286. The van der Waals surface area contributed by atoms with Crippen molar-refractivity contribution < 1.29 is 9.90 Å². The lowest BCUT2D eigenvalue weighted by Crippen LogP contribution is -2.20. The van der Waals surface area contributed by atoms with E-state index in [9.17, 15) is 9.90 Å². The van der Waals surface area contributed by atoms with Gasteiger partial charge in [0.2, 0.25) is 5.91 Å². The Kier molecular flexibility index (Phi) is 3.48. The van der Waals surface area contributed by atoms with E-state index in [2.05, 4.69) is 16.9 Å². The van der Waals surface area contributed by atoms with Crippen molar-refractivity contribution in [2.45, 2.75) is 6.54 Å². The summed E-state index contributed by atoms with van der Waals surface area (Å²) >= 11 is 6.10. The summed E-state index contributed by atoms with van der Waals surface area (Å²) in [6, 6.07) is 5.13. The summed E-state index contributed by atoms with van der Waals surface area (Å²) in [5.41, 5.74) is 0.939. The van der Waals surface area contributed by atoms with Gasteiger partial charge in [-0.25, -0.2) is 0 Å². The minimum Gasteiger partial charge on any atom is -0.505 e. The fourth-order valence-corrected chi connectivity index (χ4v) is 1.91. The average Bonchev–Trinajstić information content (AvgIpc) is 2.41. The van der Waals surface area contributed by atoms with Gasteiger partial charge < -0.3 is 10.4 Å². The molecular formula is C13H11ClN2O2. The largest absolute Gasteiger partial charge is 0.505 e. The lowest BCUT2D eigenvalue weighted by atomic mass is 10.1. The highest BCUT2D eigenvalue weighted by Gasteiger charge is 2.11. The number of fused-ring (bicyclic) bond motifs is 1. The number of nitrogens with zero attached hydrogens (tertiary/aromatic N) is 1. The minimum atomic E-state index is -0.313. The van der Waals surface area contributed by atoms with Gasteiger partial charge in [0, 0.05) is 23.7 Å². The number of aromatic nitrogens is 1. The van der Waals surface area contributed by atoms with Crippen LogP contribution in [0.25, 0.3) is 10.9 Å². The van der Waals surface area contributed by atoms with Crippen molar-refractivity contribution in [3.8, 4) is 5.75 Å². The van der Waals surface area contributed by atoms with Crippen LogP contribution in [0.2, 0.25) is 5.02 Å². The van der Waals surface area contributed by atoms with Crippen LogP contribution in [0.4, 0.5) is 0 Å². The third-order valence-electron chi connectivity index (χ3n) is 2.53. The molecule has 0 fully saturated rings. The van der Waals surface area contributed by atoms with E-state index >= 15 is 0 Å². The number of hydrogen-bond acceptors (Lipinski definition) is 3. The summed E-state index contributed by atoms with van der Waals surface area (Å²) in [5, 5.41) is 13.8. The van der Waals surface area contributed by atoms with Crippen LogP contribution in [-0.4, -0.2) is 16.0 Å². The highest BCUT2D eigenvalue weighted by molar-refractivity contribution is 6.35. The quantitative estimate of drug-likeness (QED) is 0.835. The molecular weight excluding hydrogens is 252 g/mol. The van der Waals surface area contributed by atoms with Gasteiger partial charge in [0.1, 0.15) is 11.3 Å². The van der Waals surface area contributed by atoms with Gasteiger partial charge in [0.05, 0.1) is 5.02 Å². The molecule has 2 rings (SSSR count). The van der Waals surface area contributed by atoms with Crippen molar-refractivity contribution in [1.29, 1.82) is 0 Å². The maximum Gasteiger partial charge on any atom is 0.243 e. The molecule has 0 aliphatic rings. The van der Waals surface area contributed by atoms with E-state index in [0.29, 0.717) is 21.5 Å². The van der Waals surface area contributed by atoms with Crippen LogP contribution in [0, 0.1) is 0 Å². The van der Waals surface area contributed by atoms with Gasteiger partial charge in [-0.1, -0.05) is 18.2 Å². The minimum absolute atomic E-state index is 0.0272. The molecule has 0 spiro atoms. The summed E-state index contributed by atoms with van der Waals surface area (Å²) in [7, 11) is 0. The van der Waals surface area contributed by atoms with Gasteiger partial charge >= 0.3 is 0 Å². The molecule has 0 unspecified atom stereocenters. The van der Waals surface area contributed by atoms with Crippen LogP contribution in [-0.2, 0) is 11.3 Å². The van der Waals surface area contributed by atoms with Gasteiger partial charge in [-0.05, 0) is 24.3 Å². The van der Waals surface area contributed by atoms with Gasteiger partial charge in [0.15, 0.2) is 0 Å². The third kappa shape index (κ3) is 2.28. The lowest BCUT2D eigenvalue weighted by Gasteiger charge is -2.09. The number of carbonyl (C=O) groups is 1. The van der Waals surface area contributed by atoms with Gasteiger partial charge in [-0.3, -0.25) is 9.78 Å². The number of rotatable bonds is 3. The van der Waals surface area contributed by atoms with Crippen molar-refractivity contribution >= 4 is 28.4 Å². The van der Waals surface area contributed by atoms with Crippen molar-refractivity contribution in [3.63, 3.8) is 0 Å². The molecule has 0 atom stereocenters. The Morgan fingerprint density at radius 1 is 1.61 bits per heavy atom. The molecule has 2 aromatic rings. The number of pyridine rings is 1. The SMILES string of the molecule is C=CC(=O)NCc1cc(Cl)c2cccnc2c1O. The first-order valence-corrected chi connectivity index (χ1v) is 5.66. The molecule has 2 N–H and O–H groups in total. The van der Waals surface area contributed by atoms with Crippen LogP contribution >= 0.6 is 11.6 Å². The number of amides is 1. The summed E-state index contributed by atoms with van der Waals surface area (Å²) in [4.78, 5) is 15.2. The Balaban J connectivity index is 2.43. The van der Waals surface area contributed by atoms with Crippen molar-refractivity contribution in [3.05, 3.63) is 47.6 Å². The number of phenolic OH excluding ortho intramolecular Hbond substituents is 1. The highest BCUT2D eigenvalue weighted by Crippen LogP contribution is 2.32. The first-order chi connectivity index (χ1) is 8.63. The van der Waals surface area contributed by atoms with E-state index in [4.69, 9.17) is 11.6 Å². The normalized spacial score (nSPS) is 10.3. The Morgan fingerprint density at radius 3 is 3.11 bits per heavy atom. The van der Waals surface area contributed by atoms with Gasteiger partial charge in [-0.2, -0.15) is 0 Å². The van der Waals surface area contributed by atoms with Crippen LogP contribution in [0.3, 0.4) is 0 Å². The molecule has 4 nitrogen and oxygen atoms in total. The van der Waals surface area contributed by atoms with E-state index in [1.54, 1.807) is 24.4 Å². The Bertz CT molecular complexity index is 626. The van der Waals surface area contributed by atoms with Crippen LogP contribution < -0.4 is 5.32 Å². The molecule has 0 saturated carbocycles. The Hall–Kier alpha value is -2.07. The molecule has 5 heteroatoms. The fraction of sp³-hybridized carbons (Fsp3) is 0.0769. The number of nitrogens with one attached hydrogen (secondary N) is 1.